The molecule has 1 fully saturated rings. The number of rotatable bonds is 0. The van der Waals surface area contributed by atoms with E-state index in [0.29, 0.717) is 18.4 Å². The van der Waals surface area contributed by atoms with E-state index in [0.717, 1.165) is 12.0 Å². The van der Waals surface area contributed by atoms with Gasteiger partial charge in [-0.05, 0) is 30.9 Å². The van der Waals surface area contributed by atoms with Gasteiger partial charge in [0.15, 0.2) is 0 Å². The molecule has 0 unspecified atom stereocenters. The van der Waals surface area contributed by atoms with E-state index in [1.54, 1.807) is 0 Å². The maximum Gasteiger partial charge on any atom is 1.00 e. The van der Waals surface area contributed by atoms with Gasteiger partial charge in [0.1, 0.15) is 0 Å². The fourth-order valence-corrected chi connectivity index (χ4v) is 2.64. The van der Waals surface area contributed by atoms with Gasteiger partial charge in [-0.1, -0.05) is 23.8 Å². The second-order valence-electron chi connectivity index (χ2n) is 3.93. The SMILES string of the molecule is [Li+].[O-]C1=C2C=CC=C3CC[C@H](CO1)[C@@H]32. The summed E-state index contributed by atoms with van der Waals surface area (Å²) in [7, 11) is 0. The molecule has 3 aliphatic rings. The van der Waals surface area contributed by atoms with Crippen molar-refractivity contribution in [3.8, 4) is 0 Å². The monoisotopic (exact) mass is 182 g/mol. The van der Waals surface area contributed by atoms with Crippen molar-refractivity contribution in [2.24, 2.45) is 11.8 Å². The van der Waals surface area contributed by atoms with Crippen LogP contribution in [-0.2, 0) is 4.74 Å². The molecule has 0 radical (unpaired) electrons. The summed E-state index contributed by atoms with van der Waals surface area (Å²) >= 11 is 0. The number of ether oxygens (including phenoxy) is 1. The van der Waals surface area contributed by atoms with Crippen LogP contribution in [0.2, 0.25) is 0 Å². The topological polar surface area (TPSA) is 32.3 Å². The molecule has 68 valence electrons. The smallest absolute Gasteiger partial charge is 0.613 e. The Hall–Kier alpha value is -0.583. The van der Waals surface area contributed by atoms with Gasteiger partial charge in [0.2, 0.25) is 0 Å². The van der Waals surface area contributed by atoms with Crippen molar-refractivity contribution in [2.75, 3.05) is 6.61 Å². The van der Waals surface area contributed by atoms with E-state index < -0.39 is 0 Å². The van der Waals surface area contributed by atoms with Gasteiger partial charge in [0.05, 0.1) is 5.95 Å². The van der Waals surface area contributed by atoms with Crippen molar-refractivity contribution in [1.29, 1.82) is 0 Å². The minimum atomic E-state index is -0.106. The van der Waals surface area contributed by atoms with E-state index in [1.165, 1.54) is 12.0 Å². The van der Waals surface area contributed by atoms with Crippen LogP contribution in [0.1, 0.15) is 12.8 Å². The summed E-state index contributed by atoms with van der Waals surface area (Å²) in [5.41, 5.74) is 2.31. The summed E-state index contributed by atoms with van der Waals surface area (Å²) in [6.07, 6.45) is 8.35. The third-order valence-corrected chi connectivity index (χ3v) is 3.26. The van der Waals surface area contributed by atoms with Crippen LogP contribution in [0.3, 0.4) is 0 Å². The van der Waals surface area contributed by atoms with E-state index in [2.05, 4.69) is 6.08 Å². The van der Waals surface area contributed by atoms with E-state index >= 15 is 0 Å². The molecule has 2 nitrogen and oxygen atoms in total. The van der Waals surface area contributed by atoms with Crippen LogP contribution in [-0.4, -0.2) is 6.61 Å². The van der Waals surface area contributed by atoms with Crippen molar-refractivity contribution >= 4 is 0 Å². The van der Waals surface area contributed by atoms with Crippen LogP contribution in [0.15, 0.2) is 35.3 Å². The zero-order chi connectivity index (χ0) is 8.84. The van der Waals surface area contributed by atoms with Crippen LogP contribution in [0.25, 0.3) is 0 Å². The molecule has 0 bridgehead atoms. The molecule has 1 heterocycles. The Bertz CT molecular complexity index is 341. The molecule has 1 saturated carbocycles. The first kappa shape index (κ1) is 9.95. The van der Waals surface area contributed by atoms with Gasteiger partial charge in [0, 0.05) is 5.92 Å². The first-order valence-electron chi connectivity index (χ1n) is 4.77. The van der Waals surface area contributed by atoms with Crippen molar-refractivity contribution in [3.63, 3.8) is 0 Å². The third-order valence-electron chi connectivity index (χ3n) is 3.26. The quantitative estimate of drug-likeness (QED) is 0.410. The Balaban J connectivity index is 0.000000750. The molecule has 3 heteroatoms. The van der Waals surface area contributed by atoms with E-state index in [4.69, 9.17) is 4.74 Å². The van der Waals surface area contributed by atoms with Gasteiger partial charge in [-0.15, -0.1) is 0 Å². The Morgan fingerprint density at radius 3 is 3.14 bits per heavy atom. The van der Waals surface area contributed by atoms with Gasteiger partial charge < -0.3 is 9.84 Å². The largest absolute Gasteiger partial charge is 1.00 e. The van der Waals surface area contributed by atoms with Gasteiger partial charge in [-0.3, -0.25) is 0 Å². The molecular weight excluding hydrogens is 171 g/mol. The van der Waals surface area contributed by atoms with E-state index in [9.17, 15) is 5.11 Å². The van der Waals surface area contributed by atoms with Crippen LogP contribution in [0.5, 0.6) is 0 Å². The molecule has 2 atom stereocenters. The maximum absolute atomic E-state index is 11.4. The van der Waals surface area contributed by atoms with Gasteiger partial charge >= 0.3 is 18.9 Å². The Kier molecular flexibility index (Phi) is 2.51. The number of hydrogen-bond acceptors (Lipinski definition) is 2. The predicted octanol–water partition coefficient (Wildman–Crippen LogP) is -1.89. The summed E-state index contributed by atoms with van der Waals surface area (Å²) < 4.78 is 5.12. The molecule has 14 heavy (non-hydrogen) atoms. The average Bonchev–Trinajstić information content (AvgIpc) is 2.57. The second kappa shape index (κ2) is 3.53. The first-order valence-corrected chi connectivity index (χ1v) is 4.77. The third kappa shape index (κ3) is 1.26. The number of allylic oxidation sites excluding steroid dienone is 5. The molecular formula is C11H11LiO2. The molecule has 0 aromatic rings. The Morgan fingerprint density at radius 1 is 1.43 bits per heavy atom. The maximum atomic E-state index is 11.4. The average molecular weight is 182 g/mol. The zero-order valence-electron chi connectivity index (χ0n) is 8.32. The molecule has 2 aliphatic carbocycles. The predicted molar refractivity (Wildman–Crippen MR) is 46.4 cm³/mol. The first-order chi connectivity index (χ1) is 6.36. The van der Waals surface area contributed by atoms with Gasteiger partial charge in [-0.25, -0.2) is 0 Å². The number of hydrogen-bond donors (Lipinski definition) is 0. The Morgan fingerprint density at radius 2 is 2.29 bits per heavy atom. The van der Waals surface area contributed by atoms with Crippen molar-refractivity contribution < 1.29 is 28.7 Å². The minimum absolute atomic E-state index is 0. The fourth-order valence-electron chi connectivity index (χ4n) is 2.64. The molecule has 0 spiro atoms. The van der Waals surface area contributed by atoms with Crippen LogP contribution < -0.4 is 24.0 Å². The molecule has 0 aromatic carbocycles. The van der Waals surface area contributed by atoms with Gasteiger partial charge in [-0.2, -0.15) is 0 Å². The molecule has 0 N–H and O–H groups in total. The van der Waals surface area contributed by atoms with Crippen molar-refractivity contribution in [2.45, 2.75) is 12.8 Å². The van der Waals surface area contributed by atoms with Crippen LogP contribution in [0, 0.1) is 11.8 Å². The normalized spacial score (nSPS) is 33.0. The van der Waals surface area contributed by atoms with E-state index in [1.807, 2.05) is 12.2 Å². The van der Waals surface area contributed by atoms with Crippen LogP contribution in [0.4, 0.5) is 0 Å². The summed E-state index contributed by atoms with van der Waals surface area (Å²) in [5, 5.41) is 11.4. The summed E-state index contributed by atoms with van der Waals surface area (Å²) in [6.45, 7) is 0.623. The molecule has 3 rings (SSSR count). The standard InChI is InChI=1S/C11H12O2.Li/c12-11-9-3-1-2-7-4-5-8(6-13-11)10(7)9;/h1-3,8,10,12H,4-6H2;/q;+1/p-1/t8-,10-;/m1./s1. The molecule has 1 aliphatic heterocycles. The zero-order valence-corrected chi connectivity index (χ0v) is 8.32. The molecule has 0 amide bonds. The Labute approximate surface area is 95.5 Å². The van der Waals surface area contributed by atoms with E-state index in [-0.39, 0.29) is 24.8 Å². The minimum Gasteiger partial charge on any atom is -0.613 e. The summed E-state index contributed by atoms with van der Waals surface area (Å²) in [6, 6.07) is 0. The summed E-state index contributed by atoms with van der Waals surface area (Å²) in [4.78, 5) is 0. The molecule has 0 aromatic heterocycles. The van der Waals surface area contributed by atoms with Crippen molar-refractivity contribution in [3.05, 3.63) is 35.3 Å². The fraction of sp³-hybridized carbons (Fsp3) is 0.455. The van der Waals surface area contributed by atoms with Gasteiger partial charge in [0.25, 0.3) is 0 Å². The second-order valence-corrected chi connectivity index (χ2v) is 3.93. The summed E-state index contributed by atoms with van der Waals surface area (Å²) in [5.74, 6) is 0.847. The van der Waals surface area contributed by atoms with Crippen LogP contribution >= 0.6 is 0 Å². The molecule has 0 saturated heterocycles. The van der Waals surface area contributed by atoms with Crippen molar-refractivity contribution in [1.82, 2.24) is 0 Å².